The van der Waals surface area contributed by atoms with Crippen LogP contribution in [0.1, 0.15) is 24.3 Å². The number of ether oxygens (including phenoxy) is 2. The van der Waals surface area contributed by atoms with Crippen LogP contribution in [0, 0.1) is 5.82 Å². The fraction of sp³-hybridized carbons (Fsp3) is 0.391. The van der Waals surface area contributed by atoms with Crippen LogP contribution in [0.4, 0.5) is 14.9 Å². The molecule has 1 saturated carbocycles. The Labute approximate surface area is 191 Å². The topological polar surface area (TPSA) is 85.6 Å². The Hall–Kier alpha value is -3.69. The van der Waals surface area contributed by atoms with Crippen molar-refractivity contribution in [1.82, 2.24) is 25.1 Å². The number of likely N-dealkylation sites (N-methyl/N-ethyl adjacent to an activating group) is 2. The fourth-order valence-electron chi connectivity index (χ4n) is 4.79. The molecule has 4 rings (SSSR count). The van der Waals surface area contributed by atoms with E-state index in [2.05, 4.69) is 20.4 Å². The lowest BCUT2D eigenvalue weighted by Gasteiger charge is -2.36. The van der Waals surface area contributed by atoms with Crippen LogP contribution in [0.5, 0.6) is 5.75 Å². The third-order valence-corrected chi connectivity index (χ3v) is 6.46. The standard InChI is InChI=1S/C23H27FN6O3/c1-28(20-13-17(9-12-21(20)32-3)30-14-25-26-27-30)18-10-11-19(29(2)23(31)33-4)22(18)15-5-7-16(24)8-6-15/h5-9,12-14,18-19,22H,10-11H2,1-4H3. The molecule has 1 amide bonds. The number of anilines is 1. The van der Waals surface area contributed by atoms with Crippen molar-refractivity contribution in [3.8, 4) is 11.4 Å². The molecule has 1 heterocycles. The summed E-state index contributed by atoms with van der Waals surface area (Å²) in [5, 5.41) is 11.4. The molecule has 33 heavy (non-hydrogen) atoms. The average molecular weight is 455 g/mol. The van der Waals surface area contributed by atoms with E-state index in [4.69, 9.17) is 9.47 Å². The molecule has 174 valence electrons. The lowest BCUT2D eigenvalue weighted by molar-refractivity contribution is 0.114. The highest BCUT2D eigenvalue weighted by atomic mass is 19.1. The number of halogens is 1. The van der Waals surface area contributed by atoms with Crippen LogP contribution in [0.15, 0.2) is 48.8 Å². The molecule has 1 aromatic heterocycles. The number of amides is 1. The van der Waals surface area contributed by atoms with E-state index in [1.165, 1.54) is 25.6 Å². The van der Waals surface area contributed by atoms with Crippen LogP contribution in [-0.4, -0.2) is 71.6 Å². The third kappa shape index (κ3) is 4.33. The summed E-state index contributed by atoms with van der Waals surface area (Å²) in [5.41, 5.74) is 2.62. The van der Waals surface area contributed by atoms with Gasteiger partial charge in [0.1, 0.15) is 17.9 Å². The van der Waals surface area contributed by atoms with Crippen LogP contribution in [0.25, 0.3) is 5.69 Å². The van der Waals surface area contributed by atoms with E-state index in [0.29, 0.717) is 5.75 Å². The quantitative estimate of drug-likeness (QED) is 0.565. The highest BCUT2D eigenvalue weighted by Gasteiger charge is 2.43. The maximum Gasteiger partial charge on any atom is 0.409 e. The highest BCUT2D eigenvalue weighted by molar-refractivity contribution is 5.68. The van der Waals surface area contributed by atoms with E-state index < -0.39 is 6.09 Å². The number of aromatic nitrogens is 4. The smallest absolute Gasteiger partial charge is 0.409 e. The Kier molecular flexibility index (Phi) is 6.43. The Morgan fingerprint density at radius 3 is 2.45 bits per heavy atom. The first kappa shape index (κ1) is 22.5. The Morgan fingerprint density at radius 2 is 1.82 bits per heavy atom. The van der Waals surface area contributed by atoms with Gasteiger partial charge in [-0.3, -0.25) is 0 Å². The molecule has 0 saturated heterocycles. The van der Waals surface area contributed by atoms with Crippen molar-refractivity contribution in [3.63, 3.8) is 0 Å². The van der Waals surface area contributed by atoms with Crippen molar-refractivity contribution in [1.29, 1.82) is 0 Å². The summed E-state index contributed by atoms with van der Waals surface area (Å²) >= 11 is 0. The van der Waals surface area contributed by atoms with Gasteiger partial charge in [0.25, 0.3) is 0 Å². The number of hydrogen-bond donors (Lipinski definition) is 0. The average Bonchev–Trinajstić information content (AvgIpc) is 3.53. The van der Waals surface area contributed by atoms with Crippen molar-refractivity contribution in [2.45, 2.75) is 30.8 Å². The van der Waals surface area contributed by atoms with Gasteiger partial charge in [0.15, 0.2) is 0 Å². The van der Waals surface area contributed by atoms with Crippen LogP contribution in [-0.2, 0) is 4.74 Å². The third-order valence-electron chi connectivity index (χ3n) is 6.46. The van der Waals surface area contributed by atoms with E-state index in [9.17, 15) is 9.18 Å². The van der Waals surface area contributed by atoms with E-state index in [1.54, 1.807) is 35.9 Å². The molecule has 1 aliphatic carbocycles. The lowest BCUT2D eigenvalue weighted by Crippen LogP contribution is -2.43. The van der Waals surface area contributed by atoms with Crippen LogP contribution < -0.4 is 9.64 Å². The first-order valence-corrected chi connectivity index (χ1v) is 10.6. The van der Waals surface area contributed by atoms with Gasteiger partial charge in [-0.1, -0.05) is 12.1 Å². The van der Waals surface area contributed by atoms with Gasteiger partial charge in [-0.05, 0) is 59.2 Å². The monoisotopic (exact) mass is 454 g/mol. The van der Waals surface area contributed by atoms with E-state index >= 15 is 0 Å². The van der Waals surface area contributed by atoms with Gasteiger partial charge in [0, 0.05) is 32.1 Å². The molecule has 1 fully saturated rings. The highest BCUT2D eigenvalue weighted by Crippen LogP contribution is 2.43. The van der Waals surface area contributed by atoms with Crippen molar-refractivity contribution < 1.29 is 18.7 Å². The molecule has 2 aromatic carbocycles. The van der Waals surface area contributed by atoms with Crippen molar-refractivity contribution in [3.05, 3.63) is 60.2 Å². The lowest BCUT2D eigenvalue weighted by atomic mass is 9.89. The largest absolute Gasteiger partial charge is 0.495 e. The number of rotatable bonds is 6. The van der Waals surface area contributed by atoms with Crippen LogP contribution in [0.3, 0.4) is 0 Å². The number of tetrazole rings is 1. The zero-order chi connectivity index (χ0) is 23.5. The molecule has 0 bridgehead atoms. The number of hydrogen-bond acceptors (Lipinski definition) is 7. The number of carbonyl (C=O) groups is 1. The van der Waals surface area contributed by atoms with Gasteiger partial charge >= 0.3 is 6.09 Å². The minimum absolute atomic E-state index is 0.0191. The SMILES string of the molecule is COC(=O)N(C)C1CCC(N(C)c2cc(-n3cnnn3)ccc2OC)C1c1ccc(F)cc1. The first-order valence-electron chi connectivity index (χ1n) is 10.6. The predicted molar refractivity (Wildman–Crippen MR) is 120 cm³/mol. The molecule has 0 radical (unpaired) electrons. The summed E-state index contributed by atoms with van der Waals surface area (Å²) in [7, 11) is 6.75. The first-order chi connectivity index (χ1) is 15.9. The van der Waals surface area contributed by atoms with Gasteiger partial charge < -0.3 is 19.3 Å². The summed E-state index contributed by atoms with van der Waals surface area (Å²) in [4.78, 5) is 16.1. The maximum atomic E-state index is 13.7. The molecule has 0 aliphatic heterocycles. The molecule has 10 heteroatoms. The Balaban J connectivity index is 1.74. The molecule has 3 unspecified atom stereocenters. The minimum Gasteiger partial charge on any atom is -0.495 e. The molecule has 0 spiro atoms. The normalized spacial score (nSPS) is 19.8. The van der Waals surface area contributed by atoms with Crippen LogP contribution >= 0.6 is 0 Å². The van der Waals surface area contributed by atoms with Gasteiger partial charge in [-0.15, -0.1) is 5.10 Å². The van der Waals surface area contributed by atoms with Crippen molar-refractivity contribution in [2.24, 2.45) is 0 Å². The summed E-state index contributed by atoms with van der Waals surface area (Å²) < 4.78 is 25.9. The van der Waals surface area contributed by atoms with E-state index in [0.717, 1.165) is 29.8 Å². The van der Waals surface area contributed by atoms with Crippen molar-refractivity contribution in [2.75, 3.05) is 33.2 Å². The summed E-state index contributed by atoms with van der Waals surface area (Å²) in [6.07, 6.45) is 2.73. The number of carbonyl (C=O) groups excluding carboxylic acids is 1. The zero-order valence-electron chi connectivity index (χ0n) is 19.1. The van der Waals surface area contributed by atoms with Gasteiger partial charge in [0.2, 0.25) is 0 Å². The Morgan fingerprint density at radius 1 is 1.09 bits per heavy atom. The number of benzene rings is 2. The zero-order valence-corrected chi connectivity index (χ0v) is 19.1. The maximum absolute atomic E-state index is 13.7. The second kappa shape index (κ2) is 9.43. The van der Waals surface area contributed by atoms with Gasteiger partial charge in [-0.25, -0.2) is 13.9 Å². The molecule has 1 aliphatic rings. The summed E-state index contributed by atoms with van der Waals surface area (Å²) in [5.74, 6) is 0.341. The molecule has 9 nitrogen and oxygen atoms in total. The molecule has 3 atom stereocenters. The Bertz CT molecular complexity index is 1090. The van der Waals surface area contributed by atoms with Gasteiger partial charge in [0.05, 0.1) is 25.6 Å². The molecule has 3 aromatic rings. The summed E-state index contributed by atoms with van der Waals surface area (Å²) in [6, 6.07) is 12.1. The van der Waals surface area contributed by atoms with Crippen LogP contribution in [0.2, 0.25) is 0 Å². The molecule has 0 N–H and O–H groups in total. The minimum atomic E-state index is -0.395. The second-order valence-corrected chi connectivity index (χ2v) is 8.09. The van der Waals surface area contributed by atoms with E-state index in [-0.39, 0.29) is 23.8 Å². The van der Waals surface area contributed by atoms with E-state index in [1.807, 2.05) is 25.2 Å². The van der Waals surface area contributed by atoms with Crippen molar-refractivity contribution >= 4 is 11.8 Å². The number of nitrogens with zero attached hydrogens (tertiary/aromatic N) is 6. The van der Waals surface area contributed by atoms with Gasteiger partial charge in [-0.2, -0.15) is 0 Å². The number of methoxy groups -OCH3 is 2. The molecular formula is C23H27FN6O3. The molecular weight excluding hydrogens is 427 g/mol. The summed E-state index contributed by atoms with van der Waals surface area (Å²) in [6.45, 7) is 0. The second-order valence-electron chi connectivity index (χ2n) is 8.09. The predicted octanol–water partition coefficient (Wildman–Crippen LogP) is 3.26. The fourth-order valence-corrected chi connectivity index (χ4v) is 4.79.